The third-order valence-electron chi connectivity index (χ3n) is 2.78. The lowest BCUT2D eigenvalue weighted by Crippen LogP contribution is -2.40. The van der Waals surface area contributed by atoms with E-state index in [4.69, 9.17) is 15.6 Å². The number of hydrogen-bond donors (Lipinski definition) is 3. The molecule has 5 nitrogen and oxygen atoms in total. The Kier molecular flexibility index (Phi) is 5.45. The number of amides is 1. The van der Waals surface area contributed by atoms with Crippen LogP contribution < -0.4 is 15.8 Å². The summed E-state index contributed by atoms with van der Waals surface area (Å²) in [5.41, 5.74) is 6.19. The van der Waals surface area contributed by atoms with E-state index < -0.39 is 0 Å². The minimum absolute atomic E-state index is 0.0190. The second kappa shape index (κ2) is 6.86. The summed E-state index contributed by atoms with van der Waals surface area (Å²) in [6, 6.07) is 6.76. The SMILES string of the molecule is CC(CO)C(C)NC(=O)COc1ccc(N)cc1. The molecule has 2 atom stereocenters. The normalized spacial score (nSPS) is 13.7. The van der Waals surface area contributed by atoms with Crippen molar-refractivity contribution < 1.29 is 14.6 Å². The Bertz CT molecular complexity index is 378. The molecule has 4 N–H and O–H groups in total. The van der Waals surface area contributed by atoms with Crippen LogP contribution in [-0.4, -0.2) is 30.3 Å². The number of hydrogen-bond acceptors (Lipinski definition) is 4. The zero-order valence-corrected chi connectivity index (χ0v) is 10.7. The Hall–Kier alpha value is -1.75. The van der Waals surface area contributed by atoms with Gasteiger partial charge in [-0.1, -0.05) is 6.92 Å². The fourth-order valence-corrected chi connectivity index (χ4v) is 1.31. The topological polar surface area (TPSA) is 84.6 Å². The number of rotatable bonds is 6. The van der Waals surface area contributed by atoms with Gasteiger partial charge >= 0.3 is 0 Å². The number of benzene rings is 1. The summed E-state index contributed by atoms with van der Waals surface area (Å²) >= 11 is 0. The molecular formula is C13H20N2O3. The lowest BCUT2D eigenvalue weighted by Gasteiger charge is -2.19. The fraction of sp³-hybridized carbons (Fsp3) is 0.462. The maximum atomic E-state index is 11.6. The van der Waals surface area contributed by atoms with E-state index in [1.54, 1.807) is 24.3 Å². The van der Waals surface area contributed by atoms with Crippen LogP contribution in [-0.2, 0) is 4.79 Å². The third-order valence-corrected chi connectivity index (χ3v) is 2.78. The van der Waals surface area contributed by atoms with E-state index >= 15 is 0 Å². The second-order valence-electron chi connectivity index (χ2n) is 4.37. The van der Waals surface area contributed by atoms with Gasteiger partial charge in [-0.3, -0.25) is 4.79 Å². The summed E-state index contributed by atoms with van der Waals surface area (Å²) in [6.45, 7) is 3.71. The first kappa shape index (κ1) is 14.3. The Morgan fingerprint density at radius 2 is 2.00 bits per heavy atom. The zero-order valence-electron chi connectivity index (χ0n) is 10.7. The van der Waals surface area contributed by atoms with Crippen molar-refractivity contribution in [3.63, 3.8) is 0 Å². The van der Waals surface area contributed by atoms with Gasteiger partial charge in [0, 0.05) is 18.3 Å². The van der Waals surface area contributed by atoms with Crippen molar-refractivity contribution in [2.45, 2.75) is 19.9 Å². The monoisotopic (exact) mass is 252 g/mol. The van der Waals surface area contributed by atoms with E-state index in [0.717, 1.165) is 0 Å². The summed E-state index contributed by atoms with van der Waals surface area (Å²) in [5, 5.41) is 11.7. The first-order chi connectivity index (χ1) is 8.52. The largest absolute Gasteiger partial charge is 0.484 e. The van der Waals surface area contributed by atoms with Crippen LogP contribution in [0.4, 0.5) is 5.69 Å². The molecule has 1 aromatic carbocycles. The summed E-state index contributed by atoms with van der Waals surface area (Å²) in [6.07, 6.45) is 0. The fourth-order valence-electron chi connectivity index (χ4n) is 1.31. The summed E-state index contributed by atoms with van der Waals surface area (Å²) in [4.78, 5) is 11.6. The molecular weight excluding hydrogens is 232 g/mol. The van der Waals surface area contributed by atoms with Crippen LogP contribution in [0, 0.1) is 5.92 Å². The molecule has 100 valence electrons. The highest BCUT2D eigenvalue weighted by atomic mass is 16.5. The maximum Gasteiger partial charge on any atom is 0.258 e. The quantitative estimate of drug-likeness (QED) is 0.653. The van der Waals surface area contributed by atoms with Gasteiger partial charge < -0.3 is 20.9 Å². The van der Waals surface area contributed by atoms with Crippen molar-refractivity contribution in [1.29, 1.82) is 0 Å². The van der Waals surface area contributed by atoms with Crippen LogP contribution in [0.5, 0.6) is 5.75 Å². The third kappa shape index (κ3) is 4.63. The van der Waals surface area contributed by atoms with Gasteiger partial charge in [0.1, 0.15) is 5.75 Å². The van der Waals surface area contributed by atoms with Crippen molar-refractivity contribution in [1.82, 2.24) is 5.32 Å². The van der Waals surface area contributed by atoms with Gasteiger partial charge in [0.15, 0.2) is 6.61 Å². The number of carbonyl (C=O) groups excluding carboxylic acids is 1. The molecule has 0 aliphatic carbocycles. The average Bonchev–Trinajstić information content (AvgIpc) is 2.37. The lowest BCUT2D eigenvalue weighted by atomic mass is 10.1. The predicted octanol–water partition coefficient (Wildman–Crippen LogP) is 0.781. The Labute approximate surface area is 107 Å². The predicted molar refractivity (Wildman–Crippen MR) is 70.2 cm³/mol. The molecule has 0 spiro atoms. The van der Waals surface area contributed by atoms with E-state index in [1.165, 1.54) is 0 Å². The molecule has 0 saturated heterocycles. The minimum Gasteiger partial charge on any atom is -0.484 e. The molecule has 1 rings (SSSR count). The molecule has 5 heteroatoms. The molecule has 0 aliphatic heterocycles. The number of ether oxygens (including phenoxy) is 1. The van der Waals surface area contributed by atoms with Crippen molar-refractivity contribution in [2.75, 3.05) is 18.9 Å². The molecule has 0 aromatic heterocycles. The molecule has 0 bridgehead atoms. The van der Waals surface area contributed by atoms with Crippen molar-refractivity contribution in [3.8, 4) is 5.75 Å². The molecule has 1 amide bonds. The summed E-state index contributed by atoms with van der Waals surface area (Å²) in [7, 11) is 0. The molecule has 18 heavy (non-hydrogen) atoms. The molecule has 0 fully saturated rings. The van der Waals surface area contributed by atoms with Crippen LogP contribution >= 0.6 is 0 Å². The van der Waals surface area contributed by atoms with Gasteiger partial charge in [-0.25, -0.2) is 0 Å². The number of carbonyl (C=O) groups is 1. The molecule has 1 aromatic rings. The van der Waals surface area contributed by atoms with Gasteiger partial charge in [-0.05, 0) is 37.1 Å². The van der Waals surface area contributed by atoms with E-state index in [0.29, 0.717) is 11.4 Å². The number of anilines is 1. The molecule has 0 aliphatic rings. The van der Waals surface area contributed by atoms with Gasteiger partial charge in [-0.2, -0.15) is 0 Å². The van der Waals surface area contributed by atoms with Crippen LogP contribution in [0.15, 0.2) is 24.3 Å². The van der Waals surface area contributed by atoms with Gasteiger partial charge in [0.05, 0.1) is 0 Å². The number of aliphatic hydroxyl groups excluding tert-OH is 1. The molecule has 0 saturated carbocycles. The molecule has 0 heterocycles. The maximum absolute atomic E-state index is 11.6. The first-order valence-corrected chi connectivity index (χ1v) is 5.91. The average molecular weight is 252 g/mol. The standard InChI is InChI=1S/C13H20N2O3/c1-9(7-16)10(2)15-13(17)8-18-12-5-3-11(14)4-6-12/h3-6,9-10,16H,7-8,14H2,1-2H3,(H,15,17). The van der Waals surface area contributed by atoms with Crippen LogP contribution in [0.25, 0.3) is 0 Å². The second-order valence-corrected chi connectivity index (χ2v) is 4.37. The Balaban J connectivity index is 2.35. The van der Waals surface area contributed by atoms with E-state index in [-0.39, 0.29) is 31.1 Å². The zero-order chi connectivity index (χ0) is 13.5. The lowest BCUT2D eigenvalue weighted by molar-refractivity contribution is -0.124. The van der Waals surface area contributed by atoms with Crippen LogP contribution in [0.1, 0.15) is 13.8 Å². The Morgan fingerprint density at radius 3 is 2.56 bits per heavy atom. The van der Waals surface area contributed by atoms with Crippen molar-refractivity contribution in [2.24, 2.45) is 5.92 Å². The highest BCUT2D eigenvalue weighted by Gasteiger charge is 2.13. The van der Waals surface area contributed by atoms with E-state index in [1.807, 2.05) is 13.8 Å². The van der Waals surface area contributed by atoms with Crippen molar-refractivity contribution >= 4 is 11.6 Å². The Morgan fingerprint density at radius 1 is 1.39 bits per heavy atom. The van der Waals surface area contributed by atoms with Crippen molar-refractivity contribution in [3.05, 3.63) is 24.3 Å². The van der Waals surface area contributed by atoms with E-state index in [2.05, 4.69) is 5.32 Å². The number of nitrogens with two attached hydrogens (primary N) is 1. The number of nitrogen functional groups attached to an aromatic ring is 1. The van der Waals surface area contributed by atoms with E-state index in [9.17, 15) is 4.79 Å². The van der Waals surface area contributed by atoms with Gasteiger partial charge in [0.25, 0.3) is 5.91 Å². The van der Waals surface area contributed by atoms with Crippen LogP contribution in [0.2, 0.25) is 0 Å². The van der Waals surface area contributed by atoms with Gasteiger partial charge in [-0.15, -0.1) is 0 Å². The van der Waals surface area contributed by atoms with Crippen LogP contribution in [0.3, 0.4) is 0 Å². The highest BCUT2D eigenvalue weighted by Crippen LogP contribution is 2.12. The summed E-state index contributed by atoms with van der Waals surface area (Å²) in [5.74, 6) is 0.410. The molecule has 2 unspecified atom stereocenters. The smallest absolute Gasteiger partial charge is 0.258 e. The minimum atomic E-state index is -0.209. The number of nitrogens with one attached hydrogen (secondary N) is 1. The number of aliphatic hydroxyl groups is 1. The van der Waals surface area contributed by atoms with Gasteiger partial charge in [0.2, 0.25) is 0 Å². The highest BCUT2D eigenvalue weighted by molar-refractivity contribution is 5.77. The summed E-state index contributed by atoms with van der Waals surface area (Å²) < 4.78 is 5.31. The molecule has 0 radical (unpaired) electrons. The first-order valence-electron chi connectivity index (χ1n) is 5.91.